The van der Waals surface area contributed by atoms with Crippen LogP contribution in [0.2, 0.25) is 0 Å². The Morgan fingerprint density at radius 3 is 2.67 bits per heavy atom. The zero-order chi connectivity index (χ0) is 6.85. The SMILES string of the molecule is CC(N)CC(=O)N1CC1. The van der Waals surface area contributed by atoms with Gasteiger partial charge in [0.1, 0.15) is 0 Å². The molecule has 0 spiro atoms. The smallest absolute Gasteiger partial charge is 0.224 e. The zero-order valence-electron chi connectivity index (χ0n) is 5.63. The Morgan fingerprint density at radius 1 is 1.78 bits per heavy atom. The van der Waals surface area contributed by atoms with E-state index < -0.39 is 0 Å². The summed E-state index contributed by atoms with van der Waals surface area (Å²) in [6.07, 6.45) is 0.500. The number of carbonyl (C=O) groups is 1. The van der Waals surface area contributed by atoms with Crippen molar-refractivity contribution in [2.24, 2.45) is 5.73 Å². The molecule has 3 heteroatoms. The van der Waals surface area contributed by atoms with Gasteiger partial charge in [0.2, 0.25) is 5.91 Å². The second kappa shape index (κ2) is 2.35. The summed E-state index contributed by atoms with van der Waals surface area (Å²) < 4.78 is 0. The number of amides is 1. The van der Waals surface area contributed by atoms with Gasteiger partial charge in [0.15, 0.2) is 0 Å². The quantitative estimate of drug-likeness (QED) is 0.513. The van der Waals surface area contributed by atoms with Crippen LogP contribution in [0, 0.1) is 0 Å². The predicted octanol–water partition coefficient (Wildman–Crippen LogP) is -0.434. The minimum atomic E-state index is 0.0121. The van der Waals surface area contributed by atoms with Gasteiger partial charge in [-0.05, 0) is 6.92 Å². The lowest BCUT2D eigenvalue weighted by Crippen LogP contribution is -2.23. The van der Waals surface area contributed by atoms with E-state index in [0.29, 0.717) is 6.42 Å². The summed E-state index contributed by atoms with van der Waals surface area (Å²) in [5.41, 5.74) is 5.41. The molecule has 1 saturated heterocycles. The standard InChI is InChI=1S/C6H12N2O/c1-5(7)4-6(9)8-2-3-8/h5H,2-4,7H2,1H3. The van der Waals surface area contributed by atoms with Crippen LogP contribution >= 0.6 is 0 Å². The van der Waals surface area contributed by atoms with E-state index in [9.17, 15) is 4.79 Å². The maximum absolute atomic E-state index is 10.9. The van der Waals surface area contributed by atoms with Crippen molar-refractivity contribution < 1.29 is 4.79 Å². The molecule has 1 fully saturated rings. The molecule has 0 saturated carbocycles. The van der Waals surface area contributed by atoms with Crippen LogP contribution in [0.25, 0.3) is 0 Å². The highest BCUT2D eigenvalue weighted by molar-refractivity contribution is 5.78. The maximum Gasteiger partial charge on any atom is 0.224 e. The molecule has 0 bridgehead atoms. The molecule has 9 heavy (non-hydrogen) atoms. The van der Waals surface area contributed by atoms with Gasteiger partial charge in [-0.1, -0.05) is 0 Å². The molecular formula is C6H12N2O. The van der Waals surface area contributed by atoms with E-state index in [1.54, 1.807) is 4.90 Å². The van der Waals surface area contributed by atoms with Gasteiger partial charge in [-0.3, -0.25) is 4.79 Å². The van der Waals surface area contributed by atoms with Gasteiger partial charge in [0.05, 0.1) is 0 Å². The molecule has 52 valence electrons. The Labute approximate surface area is 54.8 Å². The molecule has 0 radical (unpaired) electrons. The number of nitrogens with zero attached hydrogens (tertiary/aromatic N) is 1. The van der Waals surface area contributed by atoms with Crippen LogP contribution in [0.4, 0.5) is 0 Å². The minimum absolute atomic E-state index is 0.0121. The summed E-state index contributed by atoms with van der Waals surface area (Å²) in [6, 6.07) is 0.0121. The summed E-state index contributed by atoms with van der Waals surface area (Å²) in [7, 11) is 0. The molecule has 0 aliphatic carbocycles. The van der Waals surface area contributed by atoms with E-state index in [-0.39, 0.29) is 11.9 Å². The van der Waals surface area contributed by atoms with E-state index in [0.717, 1.165) is 13.1 Å². The Hall–Kier alpha value is -0.570. The highest BCUT2D eigenvalue weighted by Crippen LogP contribution is 2.06. The lowest BCUT2D eigenvalue weighted by atomic mass is 10.2. The number of hydrogen-bond acceptors (Lipinski definition) is 2. The van der Waals surface area contributed by atoms with E-state index in [2.05, 4.69) is 0 Å². The Morgan fingerprint density at radius 2 is 2.33 bits per heavy atom. The number of carbonyl (C=O) groups excluding carboxylic acids is 1. The molecule has 2 N–H and O–H groups in total. The first-order valence-corrected chi connectivity index (χ1v) is 3.23. The molecule has 3 nitrogen and oxygen atoms in total. The van der Waals surface area contributed by atoms with Crippen LogP contribution in [-0.2, 0) is 4.79 Å². The van der Waals surface area contributed by atoms with Crippen molar-refractivity contribution in [3.05, 3.63) is 0 Å². The molecule has 1 heterocycles. The fourth-order valence-corrected chi connectivity index (χ4v) is 0.704. The van der Waals surface area contributed by atoms with Crippen molar-refractivity contribution in [1.29, 1.82) is 0 Å². The van der Waals surface area contributed by atoms with Crippen molar-refractivity contribution in [3.8, 4) is 0 Å². The third kappa shape index (κ3) is 2.01. The lowest BCUT2D eigenvalue weighted by molar-refractivity contribution is -0.125. The third-order valence-electron chi connectivity index (χ3n) is 1.30. The first-order chi connectivity index (χ1) is 4.20. The van der Waals surface area contributed by atoms with Crippen LogP contribution in [-0.4, -0.2) is 29.9 Å². The van der Waals surface area contributed by atoms with Crippen LogP contribution in [0.3, 0.4) is 0 Å². The Bertz CT molecular complexity index is 118. The second-order valence-electron chi connectivity index (χ2n) is 2.56. The van der Waals surface area contributed by atoms with Gasteiger partial charge < -0.3 is 10.6 Å². The number of hydrogen-bond donors (Lipinski definition) is 1. The summed E-state index contributed by atoms with van der Waals surface area (Å²) in [4.78, 5) is 12.7. The predicted molar refractivity (Wildman–Crippen MR) is 34.8 cm³/mol. The first kappa shape index (κ1) is 6.55. The highest BCUT2D eigenvalue weighted by atomic mass is 16.2. The molecule has 1 unspecified atom stereocenters. The summed E-state index contributed by atoms with van der Waals surface area (Å²) in [5.74, 6) is 0.199. The summed E-state index contributed by atoms with van der Waals surface area (Å²) in [6.45, 7) is 3.72. The van der Waals surface area contributed by atoms with Crippen molar-refractivity contribution in [1.82, 2.24) is 4.90 Å². The van der Waals surface area contributed by atoms with Gasteiger partial charge in [0.25, 0.3) is 0 Å². The molecule has 1 rings (SSSR count). The third-order valence-corrected chi connectivity index (χ3v) is 1.30. The van der Waals surface area contributed by atoms with Crippen LogP contribution < -0.4 is 5.73 Å². The molecule has 0 aromatic heterocycles. The summed E-state index contributed by atoms with van der Waals surface area (Å²) >= 11 is 0. The van der Waals surface area contributed by atoms with E-state index >= 15 is 0 Å². The minimum Gasteiger partial charge on any atom is -0.339 e. The number of nitrogens with two attached hydrogens (primary N) is 1. The van der Waals surface area contributed by atoms with Gasteiger partial charge in [0, 0.05) is 25.6 Å². The molecule has 1 atom stereocenters. The number of rotatable bonds is 2. The highest BCUT2D eigenvalue weighted by Gasteiger charge is 2.23. The average molecular weight is 128 g/mol. The fraction of sp³-hybridized carbons (Fsp3) is 0.833. The first-order valence-electron chi connectivity index (χ1n) is 3.23. The van der Waals surface area contributed by atoms with Crippen LogP contribution in [0.15, 0.2) is 0 Å². The zero-order valence-corrected chi connectivity index (χ0v) is 5.63. The van der Waals surface area contributed by atoms with E-state index in [1.807, 2.05) is 6.92 Å². The van der Waals surface area contributed by atoms with E-state index in [4.69, 9.17) is 5.73 Å². The van der Waals surface area contributed by atoms with Crippen molar-refractivity contribution in [2.45, 2.75) is 19.4 Å². The van der Waals surface area contributed by atoms with Gasteiger partial charge in [-0.25, -0.2) is 0 Å². The molecule has 0 aromatic carbocycles. The Balaban J connectivity index is 2.18. The van der Waals surface area contributed by atoms with Gasteiger partial charge in [-0.15, -0.1) is 0 Å². The van der Waals surface area contributed by atoms with E-state index in [1.165, 1.54) is 0 Å². The molecular weight excluding hydrogens is 116 g/mol. The maximum atomic E-state index is 10.9. The van der Waals surface area contributed by atoms with Crippen molar-refractivity contribution in [3.63, 3.8) is 0 Å². The normalized spacial score (nSPS) is 19.6. The fourth-order valence-electron chi connectivity index (χ4n) is 0.704. The topological polar surface area (TPSA) is 46.1 Å². The monoisotopic (exact) mass is 128 g/mol. The van der Waals surface area contributed by atoms with Gasteiger partial charge in [-0.2, -0.15) is 0 Å². The lowest BCUT2D eigenvalue weighted by Gasteiger charge is -2.02. The van der Waals surface area contributed by atoms with Crippen LogP contribution in [0.5, 0.6) is 0 Å². The second-order valence-corrected chi connectivity index (χ2v) is 2.56. The Kier molecular flexibility index (Phi) is 1.71. The van der Waals surface area contributed by atoms with Gasteiger partial charge >= 0.3 is 0 Å². The summed E-state index contributed by atoms with van der Waals surface area (Å²) in [5, 5.41) is 0. The van der Waals surface area contributed by atoms with Crippen molar-refractivity contribution in [2.75, 3.05) is 13.1 Å². The average Bonchev–Trinajstić information content (AvgIpc) is 2.40. The molecule has 1 amide bonds. The molecule has 1 aliphatic rings. The van der Waals surface area contributed by atoms with Crippen molar-refractivity contribution >= 4 is 5.91 Å². The van der Waals surface area contributed by atoms with Crippen LogP contribution in [0.1, 0.15) is 13.3 Å². The molecule has 1 aliphatic heterocycles. The largest absolute Gasteiger partial charge is 0.339 e. The molecule has 0 aromatic rings.